The van der Waals surface area contributed by atoms with Gasteiger partial charge in [-0.25, -0.2) is 0 Å². The molecule has 1 heterocycles. The van der Waals surface area contributed by atoms with E-state index in [-0.39, 0.29) is 0 Å². The zero-order chi connectivity index (χ0) is 12.4. The van der Waals surface area contributed by atoms with E-state index in [4.69, 9.17) is 5.73 Å². The lowest BCUT2D eigenvalue weighted by Gasteiger charge is -2.32. The highest BCUT2D eigenvalue weighted by molar-refractivity contribution is 5.33. The Morgan fingerprint density at radius 1 is 1.41 bits per heavy atom. The lowest BCUT2D eigenvalue weighted by Crippen LogP contribution is -2.36. The van der Waals surface area contributed by atoms with Crippen LogP contribution in [0.15, 0.2) is 18.2 Å². The van der Waals surface area contributed by atoms with E-state index in [1.165, 1.54) is 36.1 Å². The summed E-state index contributed by atoms with van der Waals surface area (Å²) < 4.78 is 0. The summed E-state index contributed by atoms with van der Waals surface area (Å²) in [5.41, 5.74) is 10.1. The molecule has 0 bridgehead atoms. The van der Waals surface area contributed by atoms with Gasteiger partial charge in [0.25, 0.3) is 0 Å². The van der Waals surface area contributed by atoms with Gasteiger partial charge in [0, 0.05) is 18.6 Å². The molecule has 2 heteroatoms. The highest BCUT2D eigenvalue weighted by Gasteiger charge is 2.28. The predicted molar refractivity (Wildman–Crippen MR) is 73.1 cm³/mol. The van der Waals surface area contributed by atoms with Crippen LogP contribution in [0.4, 0.5) is 0 Å². The summed E-state index contributed by atoms with van der Waals surface area (Å²) in [5, 5.41) is 0. The quantitative estimate of drug-likeness (QED) is 0.868. The fraction of sp³-hybridized carbons (Fsp3) is 0.600. The van der Waals surface area contributed by atoms with E-state index in [0.29, 0.717) is 18.6 Å². The van der Waals surface area contributed by atoms with Crippen molar-refractivity contribution in [3.05, 3.63) is 34.9 Å². The Kier molecular flexibility index (Phi) is 3.85. The lowest BCUT2D eigenvalue weighted by atomic mass is 9.97. The van der Waals surface area contributed by atoms with Crippen molar-refractivity contribution in [1.29, 1.82) is 0 Å². The van der Waals surface area contributed by atoms with Crippen molar-refractivity contribution < 1.29 is 0 Å². The van der Waals surface area contributed by atoms with E-state index in [1.807, 2.05) is 0 Å². The van der Waals surface area contributed by atoms with E-state index >= 15 is 0 Å². The smallest absolute Gasteiger partial charge is 0.0475 e. The van der Waals surface area contributed by atoms with Crippen LogP contribution < -0.4 is 5.73 Å². The number of likely N-dealkylation sites (tertiary alicyclic amines) is 1. The molecule has 0 aliphatic carbocycles. The first kappa shape index (κ1) is 12.6. The van der Waals surface area contributed by atoms with Crippen molar-refractivity contribution in [3.63, 3.8) is 0 Å². The Morgan fingerprint density at radius 3 is 2.76 bits per heavy atom. The van der Waals surface area contributed by atoms with Gasteiger partial charge in [-0.05, 0) is 51.3 Å². The van der Waals surface area contributed by atoms with E-state index in [9.17, 15) is 0 Å². The maximum absolute atomic E-state index is 6.02. The number of nitrogens with two attached hydrogens (primary N) is 1. The second-order valence-electron chi connectivity index (χ2n) is 5.34. The fourth-order valence-corrected chi connectivity index (χ4v) is 2.98. The molecule has 1 aromatic carbocycles. The van der Waals surface area contributed by atoms with Crippen molar-refractivity contribution in [2.24, 2.45) is 5.73 Å². The Hall–Kier alpha value is -0.860. The Labute approximate surface area is 105 Å². The van der Waals surface area contributed by atoms with Gasteiger partial charge in [-0.1, -0.05) is 23.8 Å². The molecule has 1 saturated heterocycles. The summed E-state index contributed by atoms with van der Waals surface area (Å²) in [4.78, 5) is 2.57. The lowest BCUT2D eigenvalue weighted by molar-refractivity contribution is 0.195. The third-order valence-corrected chi connectivity index (χ3v) is 4.02. The maximum atomic E-state index is 6.02. The standard InChI is InChI=1S/C15H24N2/c1-11-6-7-12(2)14(9-11)15(10-16)17-8-4-5-13(17)3/h6-7,9,13,15H,4-5,8,10,16H2,1-3H3. The molecule has 94 valence electrons. The van der Waals surface area contributed by atoms with Gasteiger partial charge in [0.2, 0.25) is 0 Å². The monoisotopic (exact) mass is 232 g/mol. The molecule has 2 nitrogen and oxygen atoms in total. The molecule has 1 fully saturated rings. The van der Waals surface area contributed by atoms with Crippen LogP contribution in [0.2, 0.25) is 0 Å². The van der Waals surface area contributed by atoms with Crippen LogP contribution in [0.1, 0.15) is 42.5 Å². The minimum Gasteiger partial charge on any atom is -0.329 e. The summed E-state index contributed by atoms with van der Waals surface area (Å²) in [6, 6.07) is 7.77. The topological polar surface area (TPSA) is 29.3 Å². The van der Waals surface area contributed by atoms with E-state index in [1.54, 1.807) is 0 Å². The summed E-state index contributed by atoms with van der Waals surface area (Å²) >= 11 is 0. The van der Waals surface area contributed by atoms with Crippen LogP contribution in [0.25, 0.3) is 0 Å². The molecule has 0 aromatic heterocycles. The molecule has 2 atom stereocenters. The zero-order valence-corrected chi connectivity index (χ0v) is 11.2. The normalized spacial score (nSPS) is 22.9. The molecule has 1 aliphatic rings. The van der Waals surface area contributed by atoms with E-state index in [0.717, 1.165) is 0 Å². The molecular formula is C15H24N2. The molecule has 2 rings (SSSR count). The second-order valence-corrected chi connectivity index (χ2v) is 5.34. The van der Waals surface area contributed by atoms with Crippen LogP contribution >= 0.6 is 0 Å². The second kappa shape index (κ2) is 5.19. The number of aryl methyl sites for hydroxylation is 2. The van der Waals surface area contributed by atoms with Crippen molar-refractivity contribution in [3.8, 4) is 0 Å². The predicted octanol–water partition coefficient (Wildman–Crippen LogP) is 2.79. The van der Waals surface area contributed by atoms with E-state index < -0.39 is 0 Å². The fourth-order valence-electron chi connectivity index (χ4n) is 2.98. The molecule has 2 N–H and O–H groups in total. The molecule has 0 radical (unpaired) electrons. The number of rotatable bonds is 3. The average Bonchev–Trinajstić information content (AvgIpc) is 2.71. The highest BCUT2D eigenvalue weighted by Crippen LogP contribution is 2.30. The number of hydrogen-bond donors (Lipinski definition) is 1. The van der Waals surface area contributed by atoms with Crippen molar-refractivity contribution >= 4 is 0 Å². The minimum atomic E-state index is 0.396. The van der Waals surface area contributed by atoms with Crippen molar-refractivity contribution in [2.75, 3.05) is 13.1 Å². The SMILES string of the molecule is Cc1ccc(C)c(C(CN)N2CCCC2C)c1. The largest absolute Gasteiger partial charge is 0.329 e. The minimum absolute atomic E-state index is 0.396. The van der Waals surface area contributed by atoms with Crippen molar-refractivity contribution in [1.82, 2.24) is 4.90 Å². The van der Waals surface area contributed by atoms with Gasteiger partial charge in [0.1, 0.15) is 0 Å². The molecule has 1 aliphatic heterocycles. The summed E-state index contributed by atoms with van der Waals surface area (Å²) in [6.07, 6.45) is 2.61. The van der Waals surface area contributed by atoms with Crippen LogP contribution in [-0.2, 0) is 0 Å². The van der Waals surface area contributed by atoms with Gasteiger partial charge in [-0.15, -0.1) is 0 Å². The molecule has 0 saturated carbocycles. The molecule has 0 amide bonds. The Morgan fingerprint density at radius 2 is 2.18 bits per heavy atom. The Bertz CT molecular complexity index is 387. The van der Waals surface area contributed by atoms with Crippen molar-refractivity contribution in [2.45, 2.75) is 45.7 Å². The molecule has 0 spiro atoms. The van der Waals surface area contributed by atoms with E-state index in [2.05, 4.69) is 43.9 Å². The summed E-state index contributed by atoms with van der Waals surface area (Å²) in [5.74, 6) is 0. The first-order chi connectivity index (χ1) is 8.13. The molecule has 2 unspecified atom stereocenters. The molecular weight excluding hydrogens is 208 g/mol. The summed E-state index contributed by atoms with van der Waals surface area (Å²) in [7, 11) is 0. The van der Waals surface area contributed by atoms with Gasteiger partial charge < -0.3 is 5.73 Å². The third-order valence-electron chi connectivity index (χ3n) is 4.02. The average molecular weight is 232 g/mol. The van der Waals surface area contributed by atoms with Crippen LogP contribution in [0, 0.1) is 13.8 Å². The van der Waals surface area contributed by atoms with Gasteiger partial charge in [-0.2, -0.15) is 0 Å². The van der Waals surface area contributed by atoms with Gasteiger partial charge in [-0.3, -0.25) is 4.90 Å². The Balaban J connectivity index is 2.31. The van der Waals surface area contributed by atoms with Crippen LogP contribution in [-0.4, -0.2) is 24.0 Å². The van der Waals surface area contributed by atoms with Crippen LogP contribution in [0.3, 0.4) is 0 Å². The first-order valence-electron chi connectivity index (χ1n) is 6.66. The van der Waals surface area contributed by atoms with Gasteiger partial charge in [0.05, 0.1) is 0 Å². The number of hydrogen-bond acceptors (Lipinski definition) is 2. The number of nitrogens with zero attached hydrogens (tertiary/aromatic N) is 1. The zero-order valence-electron chi connectivity index (χ0n) is 11.2. The van der Waals surface area contributed by atoms with Gasteiger partial charge >= 0.3 is 0 Å². The molecule has 1 aromatic rings. The van der Waals surface area contributed by atoms with Crippen LogP contribution in [0.5, 0.6) is 0 Å². The summed E-state index contributed by atoms with van der Waals surface area (Å²) in [6.45, 7) is 8.58. The highest BCUT2D eigenvalue weighted by atomic mass is 15.2. The number of benzene rings is 1. The third kappa shape index (κ3) is 2.53. The first-order valence-corrected chi connectivity index (χ1v) is 6.66. The van der Waals surface area contributed by atoms with Gasteiger partial charge in [0.15, 0.2) is 0 Å². The molecule has 17 heavy (non-hydrogen) atoms. The maximum Gasteiger partial charge on any atom is 0.0475 e.